The second-order valence-electron chi connectivity index (χ2n) is 4.33. The molecule has 0 heterocycles. The summed E-state index contributed by atoms with van der Waals surface area (Å²) in [6, 6.07) is 0. The number of allylic oxidation sites excluding steroid dienone is 2. The maximum atomic E-state index is 2.40. The highest BCUT2D eigenvalue weighted by Gasteiger charge is 2.07. The van der Waals surface area contributed by atoms with Crippen LogP contribution in [0.2, 0.25) is 0 Å². The van der Waals surface area contributed by atoms with Gasteiger partial charge in [-0.05, 0) is 24.2 Å². The Morgan fingerprint density at radius 2 is 1.58 bits per heavy atom. The fourth-order valence-electron chi connectivity index (χ4n) is 1.35. The van der Waals surface area contributed by atoms with Crippen molar-refractivity contribution in [3.63, 3.8) is 0 Å². The standard InChI is InChI=1S/C12H24/c1-6-7-12(11(4)5)9-8-10(2)3/h8-12H,6-7H2,1-5H3. The van der Waals surface area contributed by atoms with Gasteiger partial charge >= 0.3 is 0 Å². The zero-order chi connectivity index (χ0) is 9.56. The molecule has 1 unspecified atom stereocenters. The van der Waals surface area contributed by atoms with Crippen LogP contribution in [0.25, 0.3) is 0 Å². The zero-order valence-corrected chi connectivity index (χ0v) is 9.30. The predicted molar refractivity (Wildman–Crippen MR) is 57.2 cm³/mol. The third-order valence-corrected chi connectivity index (χ3v) is 2.22. The van der Waals surface area contributed by atoms with Crippen molar-refractivity contribution in [2.45, 2.75) is 47.5 Å². The number of hydrogen-bond donors (Lipinski definition) is 0. The van der Waals surface area contributed by atoms with Crippen molar-refractivity contribution in [2.24, 2.45) is 17.8 Å². The Labute approximate surface area is 78.1 Å². The van der Waals surface area contributed by atoms with E-state index in [9.17, 15) is 0 Å². The van der Waals surface area contributed by atoms with Gasteiger partial charge in [0.25, 0.3) is 0 Å². The Bertz CT molecular complexity index is 120. The van der Waals surface area contributed by atoms with Crippen molar-refractivity contribution < 1.29 is 0 Å². The number of hydrogen-bond acceptors (Lipinski definition) is 0. The highest BCUT2D eigenvalue weighted by molar-refractivity contribution is 4.91. The molecule has 0 aromatic heterocycles. The summed E-state index contributed by atoms with van der Waals surface area (Å²) >= 11 is 0. The van der Waals surface area contributed by atoms with E-state index in [-0.39, 0.29) is 0 Å². The van der Waals surface area contributed by atoms with E-state index < -0.39 is 0 Å². The van der Waals surface area contributed by atoms with Crippen LogP contribution in [-0.2, 0) is 0 Å². The van der Waals surface area contributed by atoms with Crippen molar-refractivity contribution in [1.82, 2.24) is 0 Å². The highest BCUT2D eigenvalue weighted by atomic mass is 14.1. The minimum atomic E-state index is 0.697. The van der Waals surface area contributed by atoms with E-state index in [1.165, 1.54) is 12.8 Å². The van der Waals surface area contributed by atoms with Crippen LogP contribution in [0.4, 0.5) is 0 Å². The maximum absolute atomic E-state index is 2.40. The fourth-order valence-corrected chi connectivity index (χ4v) is 1.35. The average molecular weight is 168 g/mol. The lowest BCUT2D eigenvalue weighted by Crippen LogP contribution is -2.05. The van der Waals surface area contributed by atoms with Gasteiger partial charge in [0.15, 0.2) is 0 Å². The van der Waals surface area contributed by atoms with E-state index in [1.54, 1.807) is 0 Å². The van der Waals surface area contributed by atoms with Gasteiger partial charge in [0.2, 0.25) is 0 Å². The molecule has 0 aliphatic rings. The van der Waals surface area contributed by atoms with Crippen LogP contribution in [0, 0.1) is 17.8 Å². The number of rotatable bonds is 5. The molecule has 0 saturated heterocycles. The molecule has 0 radical (unpaired) electrons. The molecule has 0 aromatic carbocycles. The molecule has 1 atom stereocenters. The summed E-state index contributed by atoms with van der Waals surface area (Å²) in [4.78, 5) is 0. The van der Waals surface area contributed by atoms with E-state index >= 15 is 0 Å². The van der Waals surface area contributed by atoms with Crippen LogP contribution < -0.4 is 0 Å². The molecule has 0 saturated carbocycles. The Balaban J connectivity index is 3.94. The van der Waals surface area contributed by atoms with Crippen molar-refractivity contribution in [1.29, 1.82) is 0 Å². The monoisotopic (exact) mass is 168 g/mol. The van der Waals surface area contributed by atoms with E-state index in [0.717, 1.165) is 11.8 Å². The van der Waals surface area contributed by atoms with Gasteiger partial charge in [-0.1, -0.05) is 53.2 Å². The molecule has 0 aromatic rings. The first kappa shape index (κ1) is 11.7. The predicted octanol–water partition coefficient (Wildman–Crippen LogP) is 4.27. The lowest BCUT2D eigenvalue weighted by atomic mass is 9.90. The molecule has 0 fully saturated rings. The van der Waals surface area contributed by atoms with Gasteiger partial charge in [-0.3, -0.25) is 0 Å². The Kier molecular flexibility index (Phi) is 6.14. The average Bonchev–Trinajstić information content (AvgIpc) is 1.96. The van der Waals surface area contributed by atoms with Crippen LogP contribution in [0.15, 0.2) is 12.2 Å². The van der Waals surface area contributed by atoms with Gasteiger partial charge in [0.05, 0.1) is 0 Å². The van der Waals surface area contributed by atoms with Gasteiger partial charge in [-0.15, -0.1) is 0 Å². The normalized spacial score (nSPS) is 14.9. The SMILES string of the molecule is CCCC(C=CC(C)C)C(C)C. The van der Waals surface area contributed by atoms with Crippen molar-refractivity contribution in [3.05, 3.63) is 12.2 Å². The van der Waals surface area contributed by atoms with E-state index in [4.69, 9.17) is 0 Å². The van der Waals surface area contributed by atoms with Gasteiger partial charge in [-0.2, -0.15) is 0 Å². The Morgan fingerprint density at radius 1 is 1.00 bits per heavy atom. The molecule has 0 nitrogen and oxygen atoms in total. The minimum absolute atomic E-state index is 0.697. The second-order valence-corrected chi connectivity index (χ2v) is 4.33. The molecule has 0 aliphatic heterocycles. The van der Waals surface area contributed by atoms with Gasteiger partial charge < -0.3 is 0 Å². The second kappa shape index (κ2) is 6.28. The van der Waals surface area contributed by atoms with E-state index in [1.807, 2.05) is 0 Å². The van der Waals surface area contributed by atoms with Crippen LogP contribution in [-0.4, -0.2) is 0 Å². The first-order valence-corrected chi connectivity index (χ1v) is 5.26. The molecule has 0 rings (SSSR count). The Morgan fingerprint density at radius 3 is 1.92 bits per heavy atom. The van der Waals surface area contributed by atoms with Crippen LogP contribution in [0.3, 0.4) is 0 Å². The summed E-state index contributed by atoms with van der Waals surface area (Å²) in [6.45, 7) is 11.4. The summed E-state index contributed by atoms with van der Waals surface area (Å²) in [5.74, 6) is 2.28. The summed E-state index contributed by atoms with van der Waals surface area (Å²) in [6.07, 6.45) is 7.37. The fraction of sp³-hybridized carbons (Fsp3) is 0.833. The minimum Gasteiger partial charge on any atom is -0.0857 e. The molecule has 0 N–H and O–H groups in total. The van der Waals surface area contributed by atoms with Crippen LogP contribution in [0.5, 0.6) is 0 Å². The van der Waals surface area contributed by atoms with Crippen molar-refractivity contribution in [2.75, 3.05) is 0 Å². The van der Waals surface area contributed by atoms with Gasteiger partial charge in [0.1, 0.15) is 0 Å². The zero-order valence-electron chi connectivity index (χ0n) is 9.30. The molecule has 0 amide bonds. The third kappa shape index (κ3) is 5.40. The van der Waals surface area contributed by atoms with Crippen LogP contribution in [0.1, 0.15) is 47.5 Å². The summed E-state index contributed by atoms with van der Waals surface area (Å²) in [7, 11) is 0. The summed E-state index contributed by atoms with van der Waals surface area (Å²) in [5, 5.41) is 0. The molecule has 12 heavy (non-hydrogen) atoms. The van der Waals surface area contributed by atoms with E-state index in [0.29, 0.717) is 5.92 Å². The highest BCUT2D eigenvalue weighted by Crippen LogP contribution is 2.19. The van der Waals surface area contributed by atoms with Crippen LogP contribution >= 0.6 is 0 Å². The maximum Gasteiger partial charge on any atom is -0.0210 e. The molecule has 0 aliphatic carbocycles. The van der Waals surface area contributed by atoms with Crippen molar-refractivity contribution in [3.8, 4) is 0 Å². The lowest BCUT2D eigenvalue weighted by molar-refractivity contribution is 0.430. The molecule has 0 bridgehead atoms. The quantitative estimate of drug-likeness (QED) is 0.538. The summed E-state index contributed by atoms with van der Waals surface area (Å²) in [5.41, 5.74) is 0. The molecule has 0 heteroatoms. The molecule has 72 valence electrons. The smallest absolute Gasteiger partial charge is 0.0210 e. The molecular formula is C12H24. The van der Waals surface area contributed by atoms with Gasteiger partial charge in [0, 0.05) is 0 Å². The van der Waals surface area contributed by atoms with Crippen molar-refractivity contribution >= 4 is 0 Å². The first-order chi connectivity index (χ1) is 5.57. The largest absolute Gasteiger partial charge is 0.0857 e. The lowest BCUT2D eigenvalue weighted by Gasteiger charge is -2.15. The Hall–Kier alpha value is -0.260. The van der Waals surface area contributed by atoms with Gasteiger partial charge in [-0.25, -0.2) is 0 Å². The molecular weight excluding hydrogens is 144 g/mol. The third-order valence-electron chi connectivity index (χ3n) is 2.22. The summed E-state index contributed by atoms with van der Waals surface area (Å²) < 4.78 is 0. The molecule has 0 spiro atoms. The first-order valence-electron chi connectivity index (χ1n) is 5.26. The topological polar surface area (TPSA) is 0 Å². The van der Waals surface area contributed by atoms with E-state index in [2.05, 4.69) is 46.8 Å².